The molecule has 1 N–H and O–H groups in total. The molecule has 3 aliphatic carbocycles. The Hall–Kier alpha value is -4.04. The van der Waals surface area contributed by atoms with Crippen LogP contribution < -0.4 is 10.1 Å². The Morgan fingerprint density at radius 1 is 1.18 bits per heavy atom. The third-order valence-electron chi connectivity index (χ3n) is 10.5. The van der Waals surface area contributed by atoms with Crippen molar-refractivity contribution in [1.29, 1.82) is 0 Å². The Bertz CT molecular complexity index is 1670. The third kappa shape index (κ3) is 4.94. The minimum Gasteiger partial charge on any atom is -0.486 e. The minimum absolute atomic E-state index is 0.232. The second kappa shape index (κ2) is 11.7. The Morgan fingerprint density at radius 2 is 1.91 bits per heavy atom. The van der Waals surface area contributed by atoms with Gasteiger partial charge in [-0.2, -0.15) is 0 Å². The first-order chi connectivity index (χ1) is 21.5. The van der Waals surface area contributed by atoms with Gasteiger partial charge in [0.15, 0.2) is 28.9 Å². The van der Waals surface area contributed by atoms with Gasteiger partial charge in [-0.05, 0) is 88.7 Å². The molecule has 236 valence electrons. The lowest BCUT2D eigenvalue weighted by Crippen LogP contribution is -2.60. The van der Waals surface area contributed by atoms with Gasteiger partial charge in [0.2, 0.25) is 0 Å². The molecule has 3 aromatic rings. The van der Waals surface area contributed by atoms with Crippen molar-refractivity contribution in [2.75, 3.05) is 26.0 Å². The fraction of sp³-hybridized carbons (Fsp3) is 0.459. The molecule has 45 heavy (non-hydrogen) atoms. The number of aryl methyl sites for hydroxylation is 2. The van der Waals surface area contributed by atoms with Crippen LogP contribution >= 0.6 is 0 Å². The van der Waals surface area contributed by atoms with Crippen LogP contribution in [0.15, 0.2) is 53.6 Å². The third-order valence-corrected chi connectivity index (χ3v) is 10.5. The monoisotopic (exact) mass is 609 g/mol. The number of carbonyl (C=O) groups excluding carboxylic acids is 3. The number of aromatic nitrogens is 1. The highest BCUT2D eigenvalue weighted by molar-refractivity contribution is 6.24. The van der Waals surface area contributed by atoms with E-state index < -0.39 is 11.3 Å². The van der Waals surface area contributed by atoms with Crippen molar-refractivity contribution in [3.63, 3.8) is 0 Å². The first-order valence-electron chi connectivity index (χ1n) is 15.9. The zero-order valence-electron chi connectivity index (χ0n) is 27.1. The van der Waals surface area contributed by atoms with Crippen LogP contribution in [0.5, 0.6) is 5.75 Å². The first-order valence-corrected chi connectivity index (χ1v) is 15.9. The molecule has 0 radical (unpaired) electrons. The van der Waals surface area contributed by atoms with Gasteiger partial charge in [0.1, 0.15) is 6.61 Å². The Balaban J connectivity index is 1.43. The molecule has 0 aliphatic heterocycles. The van der Waals surface area contributed by atoms with Crippen molar-refractivity contribution in [3.8, 4) is 5.75 Å². The quantitative estimate of drug-likeness (QED) is 0.215. The van der Waals surface area contributed by atoms with Gasteiger partial charge in [0.25, 0.3) is 0 Å². The molecule has 6 atom stereocenters. The standard InChI is InChI=1S/C37H43N3O5/c1-8-20(2)14-15-38-27-16-21(3)25-17-24-18-26-31(40(6)7)34-28(22(4)39-45-34)35(42)37(26,5)36(43)29(24)32(41)30(25)33(27)44-19-23-12-10-9-11-13-23/h8-13,16,20,24,26,29,31,38H,1,14-15,17-19H2,2-7H3. The summed E-state index contributed by atoms with van der Waals surface area (Å²) < 4.78 is 12.2. The van der Waals surface area contributed by atoms with E-state index >= 15 is 0 Å². The minimum atomic E-state index is -1.37. The second-order valence-electron chi connectivity index (χ2n) is 13.6. The maximum Gasteiger partial charge on any atom is 0.182 e. The van der Waals surface area contributed by atoms with E-state index in [4.69, 9.17) is 9.26 Å². The van der Waals surface area contributed by atoms with Crippen LogP contribution in [0.2, 0.25) is 0 Å². The van der Waals surface area contributed by atoms with Crippen LogP contribution in [-0.2, 0) is 17.8 Å². The summed E-state index contributed by atoms with van der Waals surface area (Å²) in [6.07, 6.45) is 3.90. The number of rotatable bonds is 9. The Morgan fingerprint density at radius 3 is 2.60 bits per heavy atom. The predicted octanol–water partition coefficient (Wildman–Crippen LogP) is 6.56. The molecule has 3 aliphatic rings. The van der Waals surface area contributed by atoms with Crippen molar-refractivity contribution < 1.29 is 23.6 Å². The molecule has 8 heteroatoms. The van der Waals surface area contributed by atoms with Gasteiger partial charge in [-0.1, -0.05) is 48.5 Å². The van der Waals surface area contributed by atoms with Crippen molar-refractivity contribution >= 4 is 23.0 Å². The maximum absolute atomic E-state index is 14.7. The number of fused-ring (bicyclic) bond motifs is 4. The number of hydrogen-bond donors (Lipinski definition) is 1. The smallest absolute Gasteiger partial charge is 0.182 e. The van der Waals surface area contributed by atoms with Gasteiger partial charge in [0.05, 0.1) is 39.9 Å². The van der Waals surface area contributed by atoms with E-state index in [2.05, 4.69) is 30.0 Å². The number of hydrogen-bond acceptors (Lipinski definition) is 8. The van der Waals surface area contributed by atoms with Gasteiger partial charge >= 0.3 is 0 Å². The van der Waals surface area contributed by atoms with E-state index in [1.165, 1.54) is 0 Å². The topological polar surface area (TPSA) is 102 Å². The van der Waals surface area contributed by atoms with E-state index in [1.54, 1.807) is 13.8 Å². The molecule has 1 saturated carbocycles. The summed E-state index contributed by atoms with van der Waals surface area (Å²) in [5, 5.41) is 7.64. The summed E-state index contributed by atoms with van der Waals surface area (Å²) in [5.41, 5.74) is 3.58. The van der Waals surface area contributed by atoms with Crippen LogP contribution in [-0.4, -0.2) is 48.0 Å². The molecule has 1 aromatic heterocycles. The van der Waals surface area contributed by atoms with Gasteiger partial charge in [-0.25, -0.2) is 0 Å². The number of benzene rings is 2. The van der Waals surface area contributed by atoms with E-state index in [-0.39, 0.29) is 41.8 Å². The van der Waals surface area contributed by atoms with Crippen LogP contribution in [0.4, 0.5) is 5.69 Å². The lowest BCUT2D eigenvalue weighted by Gasteiger charge is -2.52. The number of ketones is 3. The zero-order valence-corrected chi connectivity index (χ0v) is 27.1. The summed E-state index contributed by atoms with van der Waals surface area (Å²) in [7, 11) is 3.87. The molecule has 0 saturated heterocycles. The van der Waals surface area contributed by atoms with Crippen LogP contribution in [0.3, 0.4) is 0 Å². The first kappa shape index (κ1) is 31.0. The van der Waals surface area contributed by atoms with E-state index in [0.717, 1.165) is 28.8 Å². The highest BCUT2D eigenvalue weighted by Gasteiger charge is 2.65. The second-order valence-corrected chi connectivity index (χ2v) is 13.6. The van der Waals surface area contributed by atoms with Crippen molar-refractivity contribution in [1.82, 2.24) is 10.1 Å². The number of carbonyl (C=O) groups is 3. The lowest BCUT2D eigenvalue weighted by atomic mass is 9.49. The summed E-state index contributed by atoms with van der Waals surface area (Å²) >= 11 is 0. The molecule has 0 spiro atoms. The number of ether oxygens (including phenoxy) is 1. The molecule has 6 rings (SSSR count). The van der Waals surface area contributed by atoms with Crippen LogP contribution in [0.25, 0.3) is 0 Å². The fourth-order valence-corrected chi connectivity index (χ4v) is 7.92. The number of anilines is 1. The molecule has 6 unspecified atom stereocenters. The summed E-state index contributed by atoms with van der Waals surface area (Å²) in [6, 6.07) is 11.6. The lowest BCUT2D eigenvalue weighted by molar-refractivity contribution is -0.140. The maximum atomic E-state index is 14.7. The van der Waals surface area contributed by atoms with E-state index in [1.807, 2.05) is 62.3 Å². The molecule has 0 amide bonds. The number of nitrogens with zero attached hydrogens (tertiary/aromatic N) is 2. The van der Waals surface area contributed by atoms with Crippen molar-refractivity contribution in [2.24, 2.45) is 29.1 Å². The summed E-state index contributed by atoms with van der Waals surface area (Å²) in [6.45, 7) is 12.5. The molecular weight excluding hydrogens is 566 g/mol. The SMILES string of the molecule is C=CC(C)CCNc1cc(C)c2c(c1OCc1ccccc1)C(=O)C1C(=O)C3(C)C(=O)c4c(C)noc4C(N(C)C)C3CC1C2. The highest BCUT2D eigenvalue weighted by Crippen LogP contribution is 2.58. The average Bonchev–Trinajstić information content (AvgIpc) is 3.39. The number of Topliss-reactive ketones (excluding diaryl/α,β-unsaturated/α-hetero) is 3. The molecule has 1 fully saturated rings. The van der Waals surface area contributed by atoms with E-state index in [0.29, 0.717) is 53.6 Å². The van der Waals surface area contributed by atoms with Gasteiger partial charge in [0, 0.05) is 12.5 Å². The molecule has 1 heterocycles. The zero-order chi connectivity index (χ0) is 32.2. The molecule has 2 aromatic carbocycles. The Labute approximate surface area is 265 Å². The highest BCUT2D eigenvalue weighted by atomic mass is 16.5. The fourth-order valence-electron chi connectivity index (χ4n) is 7.92. The molecule has 0 bridgehead atoms. The van der Waals surface area contributed by atoms with Crippen molar-refractivity contribution in [3.05, 3.63) is 88.3 Å². The Kier molecular flexibility index (Phi) is 8.06. The summed E-state index contributed by atoms with van der Waals surface area (Å²) in [5.74, 6) is -1.01. The number of allylic oxidation sites excluding steroid dienone is 1. The van der Waals surface area contributed by atoms with Gasteiger partial charge in [-0.3, -0.25) is 19.3 Å². The molecular formula is C37H43N3O5. The van der Waals surface area contributed by atoms with E-state index in [9.17, 15) is 14.4 Å². The van der Waals surface area contributed by atoms with Gasteiger partial charge in [-0.15, -0.1) is 6.58 Å². The predicted molar refractivity (Wildman–Crippen MR) is 173 cm³/mol. The van der Waals surface area contributed by atoms with Crippen LogP contribution in [0.1, 0.15) is 81.6 Å². The largest absolute Gasteiger partial charge is 0.486 e. The normalized spacial score (nSPS) is 26.1. The number of nitrogens with one attached hydrogen (secondary N) is 1. The molecule has 8 nitrogen and oxygen atoms in total. The summed E-state index contributed by atoms with van der Waals surface area (Å²) in [4.78, 5) is 45.7. The van der Waals surface area contributed by atoms with Crippen LogP contribution in [0, 0.1) is 42.9 Å². The van der Waals surface area contributed by atoms with Gasteiger partial charge < -0.3 is 14.6 Å². The van der Waals surface area contributed by atoms with Crippen molar-refractivity contribution in [2.45, 2.75) is 59.6 Å². The average molecular weight is 610 g/mol.